The molecule has 11 heavy (non-hydrogen) atoms. The zero-order valence-corrected chi connectivity index (χ0v) is 6.96. The lowest BCUT2D eigenvalue weighted by atomic mass is 10.3. The topological polar surface area (TPSA) is 58.9 Å². The summed E-state index contributed by atoms with van der Waals surface area (Å²) in [6, 6.07) is 0. The van der Waals surface area contributed by atoms with Crippen molar-refractivity contribution in [2.45, 2.75) is 19.1 Å². The molecule has 0 bridgehead atoms. The Labute approximate surface area is 70.7 Å². The first kappa shape index (κ1) is 11.1. The average molecular weight is 185 g/mol. The number of ether oxygens (including phenoxy) is 2. The Bertz CT molecular complexity index is 75.0. The fourth-order valence-corrected chi connectivity index (χ4v) is 0.779. The fraction of sp³-hybridized carbons (Fsp3) is 1.00. The van der Waals surface area contributed by atoms with Crippen LogP contribution in [0.4, 0.5) is 0 Å². The molecule has 4 nitrogen and oxygen atoms in total. The highest BCUT2D eigenvalue weighted by atomic mass is 35.5. The average Bonchev–Trinajstić information content (AvgIpc) is 2.01. The van der Waals surface area contributed by atoms with Crippen LogP contribution in [-0.2, 0) is 9.47 Å². The van der Waals surface area contributed by atoms with Gasteiger partial charge in [-0.15, -0.1) is 11.6 Å². The van der Waals surface area contributed by atoms with E-state index >= 15 is 0 Å². The van der Waals surface area contributed by atoms with Crippen molar-refractivity contribution < 1.29 is 19.7 Å². The van der Waals surface area contributed by atoms with Crippen LogP contribution in [0.3, 0.4) is 0 Å². The van der Waals surface area contributed by atoms with Gasteiger partial charge in [0.2, 0.25) is 0 Å². The van der Waals surface area contributed by atoms with Crippen LogP contribution in [0.5, 0.6) is 0 Å². The Kier molecular flexibility index (Phi) is 8.33. The molecule has 0 aliphatic heterocycles. The summed E-state index contributed by atoms with van der Waals surface area (Å²) in [6.45, 7) is -0.820. The summed E-state index contributed by atoms with van der Waals surface area (Å²) in [5.41, 5.74) is 0. The number of hydrogen-bond donors (Lipinski definition) is 2. The van der Waals surface area contributed by atoms with Gasteiger partial charge >= 0.3 is 0 Å². The number of aliphatic hydroxyl groups is 2. The van der Waals surface area contributed by atoms with Gasteiger partial charge in [-0.25, -0.2) is 0 Å². The van der Waals surface area contributed by atoms with Crippen LogP contribution in [0, 0.1) is 0 Å². The van der Waals surface area contributed by atoms with Gasteiger partial charge in [0.05, 0.1) is 0 Å². The summed E-state index contributed by atoms with van der Waals surface area (Å²) in [4.78, 5) is 0. The van der Waals surface area contributed by atoms with E-state index in [2.05, 4.69) is 0 Å². The fourth-order valence-electron chi connectivity index (χ4n) is 0.625. The van der Waals surface area contributed by atoms with Gasteiger partial charge in [-0.3, -0.25) is 0 Å². The first-order chi connectivity index (χ1) is 5.35. The molecule has 0 aromatic rings. The van der Waals surface area contributed by atoms with E-state index in [1.54, 1.807) is 0 Å². The Morgan fingerprint density at radius 2 is 1.73 bits per heavy atom. The normalized spacial score (nSPS) is 10.9. The highest BCUT2D eigenvalue weighted by molar-refractivity contribution is 6.17. The van der Waals surface area contributed by atoms with Crippen LogP contribution < -0.4 is 0 Å². The third-order valence-electron chi connectivity index (χ3n) is 1.09. The maximum atomic E-state index is 8.35. The second-order valence-corrected chi connectivity index (χ2v) is 2.23. The maximum Gasteiger partial charge on any atom is 0.163 e. The Morgan fingerprint density at radius 1 is 1.18 bits per heavy atom. The highest BCUT2D eigenvalue weighted by Crippen LogP contribution is 2.04. The van der Waals surface area contributed by atoms with Crippen LogP contribution in [0.15, 0.2) is 0 Å². The molecule has 0 aromatic carbocycles. The van der Waals surface area contributed by atoms with Gasteiger partial charge in [0, 0.05) is 5.88 Å². The molecule has 0 amide bonds. The van der Waals surface area contributed by atoms with E-state index in [0.29, 0.717) is 12.3 Å². The van der Waals surface area contributed by atoms with E-state index in [-0.39, 0.29) is 0 Å². The monoisotopic (exact) mass is 184 g/mol. The second kappa shape index (κ2) is 8.23. The van der Waals surface area contributed by atoms with Crippen molar-refractivity contribution >= 4 is 11.6 Å². The molecule has 0 fully saturated rings. The zero-order valence-electron chi connectivity index (χ0n) is 6.20. The molecule has 0 heterocycles. The minimum Gasteiger partial charge on any atom is -0.371 e. The molecule has 0 saturated carbocycles. The molecule has 0 atom stereocenters. The molecule has 0 unspecified atom stereocenters. The second-order valence-electron chi connectivity index (χ2n) is 1.85. The molecule has 0 spiro atoms. The smallest absolute Gasteiger partial charge is 0.163 e. The summed E-state index contributed by atoms with van der Waals surface area (Å²) < 4.78 is 9.40. The van der Waals surface area contributed by atoms with Crippen molar-refractivity contribution in [2.75, 3.05) is 19.5 Å². The third-order valence-corrected chi connectivity index (χ3v) is 1.36. The Hall–Kier alpha value is 0.130. The summed E-state index contributed by atoms with van der Waals surface area (Å²) >= 11 is 5.41. The quantitative estimate of drug-likeness (QED) is 0.440. The number of hydrogen-bond acceptors (Lipinski definition) is 4. The minimum atomic E-state index is -0.552. The van der Waals surface area contributed by atoms with E-state index in [0.717, 1.165) is 6.42 Å². The molecule has 0 rings (SSSR count). The zero-order chi connectivity index (χ0) is 8.53. The van der Waals surface area contributed by atoms with Crippen LogP contribution in [0.1, 0.15) is 12.8 Å². The predicted molar refractivity (Wildman–Crippen MR) is 40.1 cm³/mol. The lowest BCUT2D eigenvalue weighted by Gasteiger charge is -2.14. The molecule has 68 valence electrons. The van der Waals surface area contributed by atoms with Gasteiger partial charge < -0.3 is 19.7 Å². The van der Waals surface area contributed by atoms with Gasteiger partial charge in [-0.05, 0) is 12.8 Å². The number of rotatable bonds is 7. The van der Waals surface area contributed by atoms with Crippen molar-refractivity contribution in [1.82, 2.24) is 0 Å². The van der Waals surface area contributed by atoms with Gasteiger partial charge in [0.15, 0.2) is 6.29 Å². The van der Waals surface area contributed by atoms with Gasteiger partial charge in [-0.1, -0.05) is 0 Å². The minimum absolute atomic E-state index is 0.410. The predicted octanol–water partition coefficient (Wildman–Crippen LogP) is 0.264. The molecular formula is C6H13ClO4. The van der Waals surface area contributed by atoms with Crippen molar-refractivity contribution in [3.05, 3.63) is 0 Å². The SMILES string of the molecule is OCOC(CCCCl)OCO. The van der Waals surface area contributed by atoms with E-state index in [4.69, 9.17) is 31.3 Å². The largest absolute Gasteiger partial charge is 0.371 e. The Morgan fingerprint density at radius 3 is 2.09 bits per heavy atom. The number of alkyl halides is 1. The molecular weight excluding hydrogens is 172 g/mol. The third kappa shape index (κ3) is 6.52. The summed E-state index contributed by atoms with van der Waals surface area (Å²) in [6.07, 6.45) is 0.750. The van der Waals surface area contributed by atoms with E-state index in [1.807, 2.05) is 0 Å². The van der Waals surface area contributed by atoms with Gasteiger partial charge in [0.25, 0.3) is 0 Å². The highest BCUT2D eigenvalue weighted by Gasteiger charge is 2.06. The summed E-state index contributed by atoms with van der Waals surface area (Å²) in [5.74, 6) is 0.514. The first-order valence-corrected chi connectivity index (χ1v) is 3.89. The molecule has 0 aliphatic rings. The number of halogens is 1. The van der Waals surface area contributed by atoms with Crippen molar-refractivity contribution in [2.24, 2.45) is 0 Å². The van der Waals surface area contributed by atoms with Crippen molar-refractivity contribution in [3.63, 3.8) is 0 Å². The van der Waals surface area contributed by atoms with Gasteiger partial charge in [0.1, 0.15) is 13.6 Å². The van der Waals surface area contributed by atoms with E-state index in [1.165, 1.54) is 0 Å². The van der Waals surface area contributed by atoms with E-state index < -0.39 is 19.9 Å². The lowest BCUT2D eigenvalue weighted by molar-refractivity contribution is -0.211. The van der Waals surface area contributed by atoms with Crippen LogP contribution in [-0.4, -0.2) is 36.0 Å². The molecule has 2 N–H and O–H groups in total. The van der Waals surface area contributed by atoms with Crippen LogP contribution >= 0.6 is 11.6 Å². The lowest BCUT2D eigenvalue weighted by Crippen LogP contribution is -2.18. The maximum absolute atomic E-state index is 8.35. The van der Waals surface area contributed by atoms with Crippen molar-refractivity contribution in [3.8, 4) is 0 Å². The summed E-state index contributed by atoms with van der Waals surface area (Å²) in [7, 11) is 0. The molecule has 0 aromatic heterocycles. The molecule has 0 aliphatic carbocycles. The van der Waals surface area contributed by atoms with Gasteiger partial charge in [-0.2, -0.15) is 0 Å². The molecule has 5 heteroatoms. The molecule has 0 saturated heterocycles. The summed E-state index contributed by atoms with van der Waals surface area (Å²) in [5, 5.41) is 16.7. The van der Waals surface area contributed by atoms with Crippen LogP contribution in [0.2, 0.25) is 0 Å². The first-order valence-electron chi connectivity index (χ1n) is 3.36. The number of aliphatic hydroxyl groups excluding tert-OH is 2. The Balaban J connectivity index is 3.34. The molecule has 0 radical (unpaired) electrons. The standard InChI is InChI=1S/C6H13ClO4/c7-3-1-2-6(10-4-8)11-5-9/h6,8-9H,1-5H2. The van der Waals surface area contributed by atoms with Crippen molar-refractivity contribution in [1.29, 1.82) is 0 Å². The van der Waals surface area contributed by atoms with E-state index in [9.17, 15) is 0 Å². The van der Waals surface area contributed by atoms with Crippen LogP contribution in [0.25, 0.3) is 0 Å².